The molecule has 0 saturated carbocycles. The van der Waals surface area contributed by atoms with Crippen LogP contribution < -0.4 is 5.32 Å². The van der Waals surface area contributed by atoms with E-state index < -0.39 is 0 Å². The fourth-order valence-corrected chi connectivity index (χ4v) is 2.30. The number of anilines is 1. The number of aromatic nitrogens is 1. The molecule has 0 atom stereocenters. The van der Waals surface area contributed by atoms with Crippen LogP contribution >= 0.6 is 11.3 Å². The quantitative estimate of drug-likeness (QED) is 0.897. The predicted octanol–water partition coefficient (Wildman–Crippen LogP) is 3.19. The summed E-state index contributed by atoms with van der Waals surface area (Å²) >= 11 is 1.71. The lowest BCUT2D eigenvalue weighted by Crippen LogP contribution is -2.00. The SMILES string of the molecule is CCc1cnc(CNc2ccccc2C#N)s1. The van der Waals surface area contributed by atoms with Gasteiger partial charge in [-0.1, -0.05) is 19.1 Å². The van der Waals surface area contributed by atoms with Gasteiger partial charge in [0.05, 0.1) is 17.8 Å². The zero-order valence-electron chi connectivity index (χ0n) is 9.60. The zero-order chi connectivity index (χ0) is 12.1. The zero-order valence-corrected chi connectivity index (χ0v) is 10.4. The minimum Gasteiger partial charge on any atom is -0.377 e. The van der Waals surface area contributed by atoms with Crippen molar-refractivity contribution in [2.75, 3.05) is 5.32 Å². The number of para-hydroxylation sites is 1. The van der Waals surface area contributed by atoms with Crippen molar-refractivity contribution in [1.29, 1.82) is 5.26 Å². The van der Waals surface area contributed by atoms with Gasteiger partial charge >= 0.3 is 0 Å². The lowest BCUT2D eigenvalue weighted by Gasteiger charge is -2.05. The second-order valence-corrected chi connectivity index (χ2v) is 4.78. The normalized spacial score (nSPS) is 9.88. The summed E-state index contributed by atoms with van der Waals surface area (Å²) in [6.07, 6.45) is 2.93. The molecule has 0 spiro atoms. The molecule has 4 heteroatoms. The van der Waals surface area contributed by atoms with Crippen molar-refractivity contribution < 1.29 is 0 Å². The molecule has 3 nitrogen and oxygen atoms in total. The van der Waals surface area contributed by atoms with Gasteiger partial charge in [0.15, 0.2) is 0 Å². The van der Waals surface area contributed by atoms with Gasteiger partial charge in [0, 0.05) is 11.1 Å². The van der Waals surface area contributed by atoms with Crippen molar-refractivity contribution in [2.24, 2.45) is 0 Å². The molecule has 0 bridgehead atoms. The van der Waals surface area contributed by atoms with Crippen LogP contribution in [-0.4, -0.2) is 4.98 Å². The number of nitrogens with zero attached hydrogens (tertiary/aromatic N) is 2. The molecule has 17 heavy (non-hydrogen) atoms. The topological polar surface area (TPSA) is 48.7 Å². The molecule has 0 fully saturated rings. The third kappa shape index (κ3) is 2.83. The maximum absolute atomic E-state index is 8.95. The number of nitrogens with one attached hydrogen (secondary N) is 1. The Labute approximate surface area is 105 Å². The molecule has 1 heterocycles. The molecule has 0 unspecified atom stereocenters. The highest BCUT2D eigenvalue weighted by molar-refractivity contribution is 7.11. The van der Waals surface area contributed by atoms with Crippen molar-refractivity contribution in [2.45, 2.75) is 19.9 Å². The van der Waals surface area contributed by atoms with Crippen LogP contribution in [0.1, 0.15) is 22.4 Å². The monoisotopic (exact) mass is 243 g/mol. The van der Waals surface area contributed by atoms with Crippen molar-refractivity contribution >= 4 is 17.0 Å². The summed E-state index contributed by atoms with van der Waals surface area (Å²) in [4.78, 5) is 5.62. The Morgan fingerprint density at radius 1 is 1.41 bits per heavy atom. The van der Waals surface area contributed by atoms with Gasteiger partial charge in [-0.25, -0.2) is 4.98 Å². The smallest absolute Gasteiger partial charge is 0.112 e. The summed E-state index contributed by atoms with van der Waals surface area (Å²) < 4.78 is 0. The highest BCUT2D eigenvalue weighted by atomic mass is 32.1. The molecule has 1 aromatic carbocycles. The van der Waals surface area contributed by atoms with Gasteiger partial charge in [-0.05, 0) is 18.6 Å². The first kappa shape index (κ1) is 11.6. The fourth-order valence-electron chi connectivity index (χ4n) is 1.50. The molecule has 0 amide bonds. The third-order valence-corrected chi connectivity index (χ3v) is 3.57. The average Bonchev–Trinajstić information content (AvgIpc) is 2.84. The third-order valence-electron chi connectivity index (χ3n) is 2.43. The Bertz CT molecular complexity index is 540. The summed E-state index contributed by atoms with van der Waals surface area (Å²) in [5, 5.41) is 13.2. The Balaban J connectivity index is 2.05. The van der Waals surface area contributed by atoms with E-state index in [4.69, 9.17) is 5.26 Å². The molecule has 0 aliphatic carbocycles. The lowest BCUT2D eigenvalue weighted by atomic mass is 10.2. The van der Waals surface area contributed by atoms with Gasteiger partial charge in [0.2, 0.25) is 0 Å². The number of rotatable bonds is 4. The van der Waals surface area contributed by atoms with Crippen molar-refractivity contribution in [1.82, 2.24) is 4.98 Å². The van der Waals surface area contributed by atoms with Gasteiger partial charge in [0.1, 0.15) is 11.1 Å². The largest absolute Gasteiger partial charge is 0.377 e. The number of benzene rings is 1. The lowest BCUT2D eigenvalue weighted by molar-refractivity contribution is 1.09. The number of aryl methyl sites for hydroxylation is 1. The predicted molar refractivity (Wildman–Crippen MR) is 70.0 cm³/mol. The van der Waals surface area contributed by atoms with E-state index in [1.54, 1.807) is 11.3 Å². The number of nitriles is 1. The van der Waals surface area contributed by atoms with Gasteiger partial charge in [-0.3, -0.25) is 0 Å². The minimum absolute atomic E-state index is 0.666. The molecule has 2 aromatic rings. The average molecular weight is 243 g/mol. The summed E-state index contributed by atoms with van der Waals surface area (Å²) in [6, 6.07) is 9.67. The Morgan fingerprint density at radius 2 is 2.24 bits per heavy atom. The highest BCUT2D eigenvalue weighted by Crippen LogP contribution is 2.17. The van der Waals surface area contributed by atoms with E-state index in [-0.39, 0.29) is 0 Å². The molecule has 0 aliphatic rings. The first-order chi connectivity index (χ1) is 8.33. The van der Waals surface area contributed by atoms with E-state index in [0.29, 0.717) is 12.1 Å². The van der Waals surface area contributed by atoms with Crippen LogP contribution in [0, 0.1) is 11.3 Å². The van der Waals surface area contributed by atoms with Crippen molar-refractivity contribution in [3.05, 3.63) is 45.9 Å². The Hall–Kier alpha value is -1.86. The van der Waals surface area contributed by atoms with Crippen LogP contribution in [0.5, 0.6) is 0 Å². The van der Waals surface area contributed by atoms with E-state index >= 15 is 0 Å². The first-order valence-electron chi connectivity index (χ1n) is 5.50. The number of hydrogen-bond acceptors (Lipinski definition) is 4. The summed E-state index contributed by atoms with van der Waals surface area (Å²) in [7, 11) is 0. The van der Waals surface area contributed by atoms with Crippen LogP contribution in [0.3, 0.4) is 0 Å². The van der Waals surface area contributed by atoms with Gasteiger partial charge < -0.3 is 5.32 Å². The summed E-state index contributed by atoms with van der Waals surface area (Å²) in [6.45, 7) is 2.79. The maximum Gasteiger partial charge on any atom is 0.112 e. The standard InChI is InChI=1S/C13H13N3S/c1-2-11-8-16-13(17-11)9-15-12-6-4-3-5-10(12)7-14/h3-6,8,15H,2,9H2,1H3. The second kappa shape index (κ2) is 5.46. The molecule has 86 valence electrons. The summed E-state index contributed by atoms with van der Waals surface area (Å²) in [5.74, 6) is 0. The van der Waals surface area contributed by atoms with Gasteiger partial charge in [0.25, 0.3) is 0 Å². The molecule has 1 N–H and O–H groups in total. The van der Waals surface area contributed by atoms with E-state index in [2.05, 4.69) is 23.3 Å². The molecule has 1 aromatic heterocycles. The summed E-state index contributed by atoms with van der Waals surface area (Å²) in [5.41, 5.74) is 1.53. The minimum atomic E-state index is 0.666. The van der Waals surface area contributed by atoms with Crippen LogP contribution in [-0.2, 0) is 13.0 Å². The van der Waals surface area contributed by atoms with Crippen LogP contribution in [0.15, 0.2) is 30.5 Å². The first-order valence-corrected chi connectivity index (χ1v) is 6.31. The molecular formula is C13H13N3S. The number of hydrogen-bond donors (Lipinski definition) is 1. The fraction of sp³-hybridized carbons (Fsp3) is 0.231. The van der Waals surface area contributed by atoms with E-state index in [9.17, 15) is 0 Å². The molecule has 0 radical (unpaired) electrons. The van der Waals surface area contributed by atoms with Crippen molar-refractivity contribution in [3.63, 3.8) is 0 Å². The second-order valence-electron chi connectivity index (χ2n) is 3.58. The molecule has 2 rings (SSSR count). The van der Waals surface area contributed by atoms with Crippen LogP contribution in [0.4, 0.5) is 5.69 Å². The van der Waals surface area contributed by atoms with Crippen molar-refractivity contribution in [3.8, 4) is 6.07 Å². The molecular weight excluding hydrogens is 230 g/mol. The maximum atomic E-state index is 8.95. The van der Waals surface area contributed by atoms with Gasteiger partial charge in [-0.2, -0.15) is 5.26 Å². The number of thiazole rings is 1. The Kier molecular flexibility index (Phi) is 3.73. The van der Waals surface area contributed by atoms with E-state index in [0.717, 1.165) is 17.1 Å². The van der Waals surface area contributed by atoms with Crippen LogP contribution in [0.2, 0.25) is 0 Å². The van der Waals surface area contributed by atoms with Gasteiger partial charge in [-0.15, -0.1) is 11.3 Å². The molecule has 0 saturated heterocycles. The van der Waals surface area contributed by atoms with E-state index in [1.165, 1.54) is 4.88 Å². The molecule has 0 aliphatic heterocycles. The van der Waals surface area contributed by atoms with Crippen LogP contribution in [0.25, 0.3) is 0 Å². The van der Waals surface area contributed by atoms with E-state index in [1.807, 2.05) is 30.5 Å². The highest BCUT2D eigenvalue weighted by Gasteiger charge is 2.03. The Morgan fingerprint density at radius 3 is 2.94 bits per heavy atom.